The molecule has 3 aromatic rings. The highest BCUT2D eigenvalue weighted by molar-refractivity contribution is 6.03. The largest absolute Gasteiger partial charge is 0.393 e. The van der Waals surface area contributed by atoms with E-state index in [1.54, 1.807) is 10.7 Å². The molecule has 2 amide bonds. The predicted molar refractivity (Wildman–Crippen MR) is 126 cm³/mol. The number of hydrogen-bond donors (Lipinski definition) is 4. The number of carbonyl (C=O) groups excluding carboxylic acids is 2. The van der Waals surface area contributed by atoms with Crippen molar-refractivity contribution in [1.82, 2.24) is 15.1 Å². The Balaban J connectivity index is 1.52. The van der Waals surface area contributed by atoms with Crippen molar-refractivity contribution in [2.24, 2.45) is 5.73 Å². The Bertz CT molecular complexity index is 1160. The lowest BCUT2D eigenvalue weighted by molar-refractivity contribution is 0.0949. The Kier molecular flexibility index (Phi) is 6.46. The van der Waals surface area contributed by atoms with Crippen molar-refractivity contribution in [2.45, 2.75) is 51.3 Å². The number of carbonyl (C=O) groups is 2. The van der Waals surface area contributed by atoms with Crippen LogP contribution < -0.4 is 16.8 Å². The molecule has 1 aromatic heterocycles. The van der Waals surface area contributed by atoms with Crippen molar-refractivity contribution in [3.63, 3.8) is 0 Å². The van der Waals surface area contributed by atoms with E-state index < -0.39 is 5.91 Å². The highest BCUT2D eigenvalue weighted by Crippen LogP contribution is 2.34. The van der Waals surface area contributed by atoms with Gasteiger partial charge in [-0.1, -0.05) is 42.5 Å². The molecule has 33 heavy (non-hydrogen) atoms. The molecule has 0 bridgehead atoms. The maximum absolute atomic E-state index is 12.5. The van der Waals surface area contributed by atoms with E-state index in [1.165, 1.54) is 0 Å². The Labute approximate surface area is 192 Å². The van der Waals surface area contributed by atoms with Gasteiger partial charge in [0.25, 0.3) is 11.8 Å². The minimum atomic E-state index is -0.626. The summed E-state index contributed by atoms with van der Waals surface area (Å²) in [5, 5.41) is 17.4. The zero-order valence-electron chi connectivity index (χ0n) is 18.6. The van der Waals surface area contributed by atoms with E-state index in [-0.39, 0.29) is 29.4 Å². The number of hydrogen-bond acceptors (Lipinski definition) is 5. The quantitative estimate of drug-likeness (QED) is 0.461. The van der Waals surface area contributed by atoms with Crippen LogP contribution in [0.3, 0.4) is 0 Å². The average Bonchev–Trinajstić information content (AvgIpc) is 3.16. The number of amides is 2. The maximum Gasteiger partial charge on any atom is 0.254 e. The molecule has 0 aliphatic heterocycles. The van der Waals surface area contributed by atoms with Crippen LogP contribution >= 0.6 is 0 Å². The summed E-state index contributed by atoms with van der Waals surface area (Å²) in [6, 6.07) is 14.9. The van der Waals surface area contributed by atoms with E-state index in [2.05, 4.69) is 10.4 Å². The molecule has 1 aliphatic rings. The summed E-state index contributed by atoms with van der Waals surface area (Å²) in [4.78, 5) is 24.6. The molecule has 1 saturated carbocycles. The Morgan fingerprint density at radius 3 is 2.39 bits per heavy atom. The first-order chi connectivity index (χ1) is 15.8. The predicted octanol–water partition coefficient (Wildman–Crippen LogP) is 2.95. The van der Waals surface area contributed by atoms with Gasteiger partial charge >= 0.3 is 0 Å². The molecule has 0 spiro atoms. The molecule has 172 valence electrons. The lowest BCUT2D eigenvalue weighted by atomic mass is 9.93. The molecular weight excluding hydrogens is 418 g/mol. The number of aromatic nitrogens is 2. The minimum Gasteiger partial charge on any atom is -0.393 e. The molecule has 2 aromatic carbocycles. The van der Waals surface area contributed by atoms with Crippen molar-refractivity contribution in [2.75, 3.05) is 5.73 Å². The number of aliphatic hydroxyl groups excluding tert-OH is 1. The smallest absolute Gasteiger partial charge is 0.254 e. The Hall–Kier alpha value is -3.65. The van der Waals surface area contributed by atoms with Crippen LogP contribution in [0.15, 0.2) is 48.5 Å². The van der Waals surface area contributed by atoms with Gasteiger partial charge in [0.1, 0.15) is 17.1 Å². The first-order valence-electron chi connectivity index (χ1n) is 11.1. The third kappa shape index (κ3) is 4.75. The van der Waals surface area contributed by atoms with Gasteiger partial charge in [-0.2, -0.15) is 5.10 Å². The van der Waals surface area contributed by atoms with Gasteiger partial charge in [0.15, 0.2) is 0 Å². The van der Waals surface area contributed by atoms with Crippen LogP contribution in [-0.4, -0.2) is 32.8 Å². The molecule has 0 atom stereocenters. The van der Waals surface area contributed by atoms with Crippen molar-refractivity contribution in [3.8, 4) is 11.3 Å². The zero-order chi connectivity index (χ0) is 23.5. The second-order valence-electron chi connectivity index (χ2n) is 8.57. The molecule has 0 saturated heterocycles. The molecule has 8 nitrogen and oxygen atoms in total. The van der Waals surface area contributed by atoms with E-state index in [0.717, 1.165) is 29.5 Å². The first-order valence-corrected chi connectivity index (χ1v) is 11.1. The van der Waals surface area contributed by atoms with E-state index in [1.807, 2.05) is 49.4 Å². The van der Waals surface area contributed by atoms with E-state index in [4.69, 9.17) is 11.5 Å². The van der Waals surface area contributed by atoms with Crippen LogP contribution in [0.25, 0.3) is 11.3 Å². The number of aliphatic hydroxyl groups is 1. The van der Waals surface area contributed by atoms with Gasteiger partial charge in [-0.15, -0.1) is 0 Å². The molecule has 1 fully saturated rings. The van der Waals surface area contributed by atoms with E-state index in [9.17, 15) is 14.7 Å². The number of nitrogens with zero attached hydrogens (tertiary/aromatic N) is 2. The van der Waals surface area contributed by atoms with Gasteiger partial charge in [0.2, 0.25) is 0 Å². The lowest BCUT2D eigenvalue weighted by Gasteiger charge is -2.26. The van der Waals surface area contributed by atoms with Crippen LogP contribution in [0.4, 0.5) is 5.82 Å². The Morgan fingerprint density at radius 1 is 1.09 bits per heavy atom. The minimum absolute atomic E-state index is 0.0242. The van der Waals surface area contributed by atoms with Crippen LogP contribution in [0.1, 0.15) is 63.6 Å². The summed E-state index contributed by atoms with van der Waals surface area (Å²) < 4.78 is 1.68. The van der Waals surface area contributed by atoms with Gasteiger partial charge in [-0.25, -0.2) is 4.68 Å². The number of benzene rings is 2. The van der Waals surface area contributed by atoms with Crippen LogP contribution in [0, 0.1) is 6.92 Å². The summed E-state index contributed by atoms with van der Waals surface area (Å²) in [5.74, 6) is -0.495. The maximum atomic E-state index is 12.5. The number of nitrogens with one attached hydrogen (secondary N) is 1. The van der Waals surface area contributed by atoms with Crippen LogP contribution in [0.5, 0.6) is 0 Å². The summed E-state index contributed by atoms with van der Waals surface area (Å²) in [5.41, 5.74) is 15.8. The van der Waals surface area contributed by atoms with Crippen LogP contribution in [0.2, 0.25) is 0 Å². The molecular formula is C25H29N5O3. The third-order valence-electron chi connectivity index (χ3n) is 6.28. The number of rotatable bonds is 6. The molecule has 1 heterocycles. The molecule has 0 unspecified atom stereocenters. The van der Waals surface area contributed by atoms with Crippen molar-refractivity contribution in [3.05, 3.63) is 70.8 Å². The second kappa shape index (κ2) is 9.46. The topological polar surface area (TPSA) is 136 Å². The lowest BCUT2D eigenvalue weighted by Crippen LogP contribution is -2.23. The third-order valence-corrected chi connectivity index (χ3v) is 6.28. The van der Waals surface area contributed by atoms with Gasteiger partial charge in [-0.3, -0.25) is 9.59 Å². The first kappa shape index (κ1) is 22.5. The highest BCUT2D eigenvalue weighted by Gasteiger charge is 2.28. The SMILES string of the molecule is Cc1ccccc1C(=O)NCc1ccc(-c2nn(C3CCC(O)CC3)c(N)c2C(N)=O)cc1. The van der Waals surface area contributed by atoms with Gasteiger partial charge in [0.05, 0.1) is 12.1 Å². The zero-order valence-corrected chi connectivity index (χ0v) is 18.6. The summed E-state index contributed by atoms with van der Waals surface area (Å²) in [7, 11) is 0. The molecule has 8 heteroatoms. The van der Waals surface area contributed by atoms with Crippen LogP contribution in [-0.2, 0) is 6.54 Å². The van der Waals surface area contributed by atoms with E-state index >= 15 is 0 Å². The number of aryl methyl sites for hydroxylation is 1. The molecule has 0 radical (unpaired) electrons. The molecule has 6 N–H and O–H groups in total. The fourth-order valence-corrected chi connectivity index (χ4v) is 4.36. The normalized spacial score (nSPS) is 18.1. The van der Waals surface area contributed by atoms with E-state index in [0.29, 0.717) is 30.6 Å². The van der Waals surface area contributed by atoms with Gasteiger partial charge in [-0.05, 0) is 49.8 Å². The summed E-state index contributed by atoms with van der Waals surface area (Å²) >= 11 is 0. The number of nitrogen functional groups attached to an aromatic ring is 1. The summed E-state index contributed by atoms with van der Waals surface area (Å²) in [6.07, 6.45) is 2.53. The van der Waals surface area contributed by atoms with Crippen molar-refractivity contribution in [1.29, 1.82) is 0 Å². The van der Waals surface area contributed by atoms with Gasteiger partial charge in [0, 0.05) is 17.7 Å². The fourth-order valence-electron chi connectivity index (χ4n) is 4.36. The average molecular weight is 448 g/mol. The number of nitrogens with two attached hydrogens (primary N) is 2. The number of anilines is 1. The monoisotopic (exact) mass is 447 g/mol. The fraction of sp³-hybridized carbons (Fsp3) is 0.320. The molecule has 1 aliphatic carbocycles. The second-order valence-corrected chi connectivity index (χ2v) is 8.57. The molecule has 4 rings (SSSR count). The van der Waals surface area contributed by atoms with Crippen molar-refractivity contribution >= 4 is 17.6 Å². The summed E-state index contributed by atoms with van der Waals surface area (Å²) in [6.45, 7) is 2.28. The Morgan fingerprint density at radius 2 is 1.76 bits per heavy atom. The van der Waals surface area contributed by atoms with Gasteiger partial charge < -0.3 is 21.9 Å². The standard InChI is InChI=1S/C25H29N5O3/c1-15-4-2-3-5-20(15)25(33)28-14-16-6-8-17(9-7-16)22-21(24(27)32)23(26)30(29-22)18-10-12-19(31)13-11-18/h2-9,18-19,31H,10-14,26H2,1H3,(H2,27,32)(H,28,33). The number of primary amides is 1. The highest BCUT2D eigenvalue weighted by atomic mass is 16.3. The van der Waals surface area contributed by atoms with Crippen molar-refractivity contribution < 1.29 is 14.7 Å².